The van der Waals surface area contributed by atoms with E-state index in [1.54, 1.807) is 6.07 Å². The summed E-state index contributed by atoms with van der Waals surface area (Å²) in [7, 11) is 2.15. The lowest BCUT2D eigenvalue weighted by Gasteiger charge is -2.41. The Kier molecular flexibility index (Phi) is 5.28. The molecule has 0 amide bonds. The van der Waals surface area contributed by atoms with Crippen LogP contribution in [0.1, 0.15) is 44.1 Å². The van der Waals surface area contributed by atoms with E-state index in [9.17, 15) is 14.4 Å². The van der Waals surface area contributed by atoms with Gasteiger partial charge in [-0.15, -0.1) is 0 Å². The molecule has 1 saturated carbocycles. The fourth-order valence-electron chi connectivity index (χ4n) is 6.41. The van der Waals surface area contributed by atoms with Crippen molar-refractivity contribution in [3.63, 3.8) is 0 Å². The number of anilines is 1. The Morgan fingerprint density at radius 3 is 2.63 bits per heavy atom. The first kappa shape index (κ1) is 20.0. The lowest BCUT2D eigenvalue weighted by molar-refractivity contribution is -0.122. The number of piperazine rings is 1. The number of piperidine rings is 1. The minimum Gasteiger partial charge on any atom is -0.363 e. The number of carbonyl (C=O) groups excluding carboxylic acids is 1. The number of benzene rings is 1. The van der Waals surface area contributed by atoms with Gasteiger partial charge in [0.1, 0.15) is 5.82 Å². The zero-order chi connectivity index (χ0) is 20.8. The van der Waals surface area contributed by atoms with E-state index in [4.69, 9.17) is 0 Å². The van der Waals surface area contributed by atoms with Gasteiger partial charge in [0.05, 0.1) is 18.0 Å². The molecule has 5 nitrogen and oxygen atoms in total. The summed E-state index contributed by atoms with van der Waals surface area (Å²) in [4.78, 5) is 17.5. The van der Waals surface area contributed by atoms with Gasteiger partial charge in [0, 0.05) is 43.3 Å². The summed E-state index contributed by atoms with van der Waals surface area (Å²) in [6.07, 6.45) is 6.17. The summed E-state index contributed by atoms with van der Waals surface area (Å²) in [5, 5.41) is 13.0. The second kappa shape index (κ2) is 7.94. The van der Waals surface area contributed by atoms with Crippen LogP contribution in [0.3, 0.4) is 0 Å². The molecule has 30 heavy (non-hydrogen) atoms. The van der Waals surface area contributed by atoms with Gasteiger partial charge in [0.15, 0.2) is 5.78 Å². The highest BCUT2D eigenvalue weighted by molar-refractivity contribution is 5.85. The van der Waals surface area contributed by atoms with Crippen LogP contribution in [0.15, 0.2) is 18.2 Å². The third kappa shape index (κ3) is 3.63. The topological polar surface area (TPSA) is 59.4 Å². The molecule has 4 fully saturated rings. The summed E-state index contributed by atoms with van der Waals surface area (Å²) >= 11 is 0. The summed E-state index contributed by atoms with van der Waals surface area (Å²) in [6, 6.07) is 9.01. The van der Waals surface area contributed by atoms with Gasteiger partial charge in [-0.1, -0.05) is 6.07 Å². The molecule has 160 valence electrons. The van der Waals surface area contributed by atoms with E-state index in [0.717, 1.165) is 50.9 Å². The number of likely N-dealkylation sites (tertiary alicyclic amines) is 1. The summed E-state index contributed by atoms with van der Waals surface area (Å²) in [5.41, 5.74) is 1.49. The van der Waals surface area contributed by atoms with Gasteiger partial charge in [-0.2, -0.15) is 5.26 Å². The number of halogens is 1. The maximum Gasteiger partial charge on any atom is 0.151 e. The van der Waals surface area contributed by atoms with Crippen LogP contribution in [0, 0.1) is 29.0 Å². The SMILES string of the molecule is CN1CC2CCC(C1)N2c1ccc(C[C@@H](C#N)CC(=O)[C@H]2N[C@@H]3CC[C@H]2C3)c(F)c1. The maximum absolute atomic E-state index is 15.0. The molecule has 6 heteroatoms. The molecule has 1 aromatic rings. The van der Waals surface area contributed by atoms with Crippen LogP contribution in [0.5, 0.6) is 0 Å². The molecule has 0 aromatic heterocycles. The first-order valence-corrected chi connectivity index (χ1v) is 11.5. The van der Waals surface area contributed by atoms with Crippen molar-refractivity contribution in [2.24, 2.45) is 11.8 Å². The Bertz CT molecular complexity index is 853. The Balaban J connectivity index is 1.24. The van der Waals surface area contributed by atoms with E-state index in [1.165, 1.54) is 0 Å². The number of nitriles is 1. The van der Waals surface area contributed by atoms with Gasteiger partial charge in [-0.05, 0) is 69.2 Å². The van der Waals surface area contributed by atoms with Gasteiger partial charge in [-0.25, -0.2) is 4.39 Å². The standard InChI is InChI=1S/C24H31FN4O/c1-28-13-20-6-7-21(14-28)29(20)19-5-3-16(22(25)11-19)8-15(12-26)9-23(30)24-17-2-4-18(10-17)27-24/h3,5,11,15,17-18,20-21,24,27H,2,4,6-10,13-14H2,1H3/t15-,17+,18-,20?,21?,24+/m1/s1. The van der Waals surface area contributed by atoms with Crippen LogP contribution in [0.25, 0.3) is 0 Å². The lowest BCUT2D eigenvalue weighted by Crippen LogP contribution is -2.52. The highest BCUT2D eigenvalue weighted by atomic mass is 19.1. The minimum absolute atomic E-state index is 0.0977. The first-order chi connectivity index (χ1) is 14.5. The molecular formula is C24H31FN4O. The van der Waals surface area contributed by atoms with Crippen LogP contribution in [0.4, 0.5) is 10.1 Å². The lowest BCUT2D eigenvalue weighted by atomic mass is 9.88. The summed E-state index contributed by atoms with van der Waals surface area (Å²) < 4.78 is 15.0. The summed E-state index contributed by atoms with van der Waals surface area (Å²) in [6.45, 7) is 2.05. The van der Waals surface area contributed by atoms with E-state index >= 15 is 0 Å². The van der Waals surface area contributed by atoms with Gasteiger partial charge < -0.3 is 15.1 Å². The van der Waals surface area contributed by atoms with Crippen LogP contribution < -0.4 is 10.2 Å². The van der Waals surface area contributed by atoms with Crippen molar-refractivity contribution in [2.45, 2.75) is 69.1 Å². The fourth-order valence-corrected chi connectivity index (χ4v) is 6.41. The number of fused-ring (bicyclic) bond motifs is 4. The minimum atomic E-state index is -0.474. The molecule has 3 heterocycles. The monoisotopic (exact) mass is 410 g/mol. The van der Waals surface area contributed by atoms with E-state index in [1.807, 2.05) is 12.1 Å². The van der Waals surface area contributed by atoms with Gasteiger partial charge in [0.2, 0.25) is 0 Å². The number of hydrogen-bond donors (Lipinski definition) is 1. The number of Topliss-reactive ketones (excluding diaryl/α,β-unsaturated/α-hetero) is 1. The normalized spacial score (nSPS) is 33.6. The predicted octanol–water partition coefficient (Wildman–Crippen LogP) is 2.89. The molecule has 1 aliphatic carbocycles. The van der Waals surface area contributed by atoms with Crippen LogP contribution >= 0.6 is 0 Å². The molecule has 1 N–H and O–H groups in total. The molecule has 4 bridgehead atoms. The number of rotatable bonds is 6. The van der Waals surface area contributed by atoms with Crippen molar-refractivity contribution in [1.82, 2.24) is 10.2 Å². The highest BCUT2D eigenvalue weighted by Gasteiger charge is 2.43. The average Bonchev–Trinajstić information content (AvgIpc) is 3.42. The third-order valence-electron chi connectivity index (χ3n) is 7.80. The molecule has 0 spiro atoms. The maximum atomic E-state index is 15.0. The van der Waals surface area contributed by atoms with E-state index < -0.39 is 5.92 Å². The quantitative estimate of drug-likeness (QED) is 0.782. The Morgan fingerprint density at radius 2 is 2.03 bits per heavy atom. The van der Waals surface area contributed by atoms with Crippen LogP contribution in [-0.2, 0) is 11.2 Å². The van der Waals surface area contributed by atoms with E-state index in [-0.39, 0.29) is 24.1 Å². The number of likely N-dealkylation sites (N-methyl/N-ethyl adjacent to an activating group) is 1. The second-order valence-corrected chi connectivity index (χ2v) is 9.90. The highest BCUT2D eigenvalue weighted by Crippen LogP contribution is 2.37. The number of hydrogen-bond acceptors (Lipinski definition) is 5. The summed E-state index contributed by atoms with van der Waals surface area (Å²) in [5.74, 6) is -0.174. The number of nitrogens with zero attached hydrogens (tertiary/aromatic N) is 3. The van der Waals surface area contributed by atoms with Crippen molar-refractivity contribution in [1.29, 1.82) is 5.26 Å². The van der Waals surface area contributed by atoms with Crippen LogP contribution in [0.2, 0.25) is 0 Å². The smallest absolute Gasteiger partial charge is 0.151 e. The van der Waals surface area contributed by atoms with Crippen LogP contribution in [-0.4, -0.2) is 55.0 Å². The fraction of sp³-hybridized carbons (Fsp3) is 0.667. The number of ketones is 1. The molecule has 3 aliphatic heterocycles. The Morgan fingerprint density at radius 1 is 1.27 bits per heavy atom. The Hall–Kier alpha value is -1.97. The van der Waals surface area contributed by atoms with Gasteiger partial charge in [-0.3, -0.25) is 4.79 Å². The Labute approximate surface area is 178 Å². The molecule has 4 aliphatic rings. The number of carbonyl (C=O) groups is 1. The van der Waals surface area contributed by atoms with Crippen molar-refractivity contribution in [2.75, 3.05) is 25.0 Å². The van der Waals surface area contributed by atoms with E-state index in [2.05, 4.69) is 28.2 Å². The molecular weight excluding hydrogens is 379 g/mol. The van der Waals surface area contributed by atoms with Crippen molar-refractivity contribution >= 4 is 11.5 Å². The molecule has 1 aromatic carbocycles. The molecule has 5 rings (SSSR count). The molecule has 2 unspecified atom stereocenters. The van der Waals surface area contributed by atoms with Gasteiger partial charge in [0.25, 0.3) is 0 Å². The molecule has 3 saturated heterocycles. The zero-order valence-electron chi connectivity index (χ0n) is 17.7. The van der Waals surface area contributed by atoms with Gasteiger partial charge >= 0.3 is 0 Å². The largest absolute Gasteiger partial charge is 0.363 e. The molecule has 0 radical (unpaired) electrons. The zero-order valence-corrected chi connectivity index (χ0v) is 17.7. The number of nitrogens with one attached hydrogen (secondary N) is 1. The van der Waals surface area contributed by atoms with Crippen molar-refractivity contribution in [3.8, 4) is 6.07 Å². The first-order valence-electron chi connectivity index (χ1n) is 11.5. The van der Waals surface area contributed by atoms with Crippen molar-refractivity contribution in [3.05, 3.63) is 29.6 Å². The average molecular weight is 411 g/mol. The molecule has 6 atom stereocenters. The second-order valence-electron chi connectivity index (χ2n) is 9.90. The predicted molar refractivity (Wildman–Crippen MR) is 114 cm³/mol. The van der Waals surface area contributed by atoms with Crippen molar-refractivity contribution < 1.29 is 9.18 Å². The van der Waals surface area contributed by atoms with E-state index in [0.29, 0.717) is 36.0 Å². The third-order valence-corrected chi connectivity index (χ3v) is 7.80.